The number of rotatable bonds is 2. The maximum absolute atomic E-state index is 11.6. The van der Waals surface area contributed by atoms with E-state index in [1.807, 2.05) is 6.92 Å². The van der Waals surface area contributed by atoms with Gasteiger partial charge in [0.15, 0.2) is 0 Å². The van der Waals surface area contributed by atoms with Gasteiger partial charge < -0.3 is 9.84 Å². The molecular weight excluding hydrogens is 216 g/mol. The van der Waals surface area contributed by atoms with Crippen molar-refractivity contribution in [1.82, 2.24) is 0 Å². The Balaban J connectivity index is 1.84. The Labute approximate surface area is 103 Å². The number of hydrogen-bond donors (Lipinski definition) is 1. The van der Waals surface area contributed by atoms with Crippen LogP contribution in [-0.2, 0) is 9.53 Å². The Kier molecular flexibility index (Phi) is 2.69. The molecule has 3 heteroatoms. The molecule has 0 aromatic heterocycles. The van der Waals surface area contributed by atoms with Crippen molar-refractivity contribution < 1.29 is 14.6 Å². The summed E-state index contributed by atoms with van der Waals surface area (Å²) in [7, 11) is 0. The first-order chi connectivity index (χ1) is 8.13. The van der Waals surface area contributed by atoms with Gasteiger partial charge in [0.1, 0.15) is 0 Å². The van der Waals surface area contributed by atoms with E-state index in [-0.39, 0.29) is 12.0 Å². The van der Waals surface area contributed by atoms with Crippen LogP contribution >= 0.6 is 0 Å². The molecule has 0 amide bonds. The summed E-state index contributed by atoms with van der Waals surface area (Å²) in [6.07, 6.45) is 8.66. The summed E-state index contributed by atoms with van der Waals surface area (Å²) >= 11 is 0. The summed E-state index contributed by atoms with van der Waals surface area (Å²) in [6.45, 7) is 1.95. The van der Waals surface area contributed by atoms with E-state index in [4.69, 9.17) is 4.74 Å². The van der Waals surface area contributed by atoms with Crippen LogP contribution in [0, 0.1) is 17.3 Å². The zero-order valence-corrected chi connectivity index (χ0v) is 10.5. The molecule has 4 unspecified atom stereocenters. The SMILES string of the molecule is CC1(C(=O)O)CCC2OC2C1C1CCCCC1. The Morgan fingerprint density at radius 1 is 1.24 bits per heavy atom. The number of ether oxygens (including phenoxy) is 1. The summed E-state index contributed by atoms with van der Waals surface area (Å²) in [4.78, 5) is 11.6. The molecule has 3 aliphatic rings. The van der Waals surface area contributed by atoms with Gasteiger partial charge in [-0.3, -0.25) is 4.79 Å². The van der Waals surface area contributed by atoms with Crippen LogP contribution in [-0.4, -0.2) is 23.3 Å². The van der Waals surface area contributed by atoms with Crippen LogP contribution in [0.15, 0.2) is 0 Å². The smallest absolute Gasteiger partial charge is 0.309 e. The van der Waals surface area contributed by atoms with Crippen molar-refractivity contribution in [1.29, 1.82) is 0 Å². The van der Waals surface area contributed by atoms with Crippen LogP contribution in [0.25, 0.3) is 0 Å². The molecule has 17 heavy (non-hydrogen) atoms. The van der Waals surface area contributed by atoms with Gasteiger partial charge in [-0.25, -0.2) is 0 Å². The van der Waals surface area contributed by atoms with Crippen molar-refractivity contribution in [2.45, 2.75) is 64.1 Å². The molecule has 2 aliphatic carbocycles. The fourth-order valence-electron chi connectivity index (χ4n) is 4.21. The van der Waals surface area contributed by atoms with Crippen LogP contribution in [0.4, 0.5) is 0 Å². The minimum Gasteiger partial charge on any atom is -0.481 e. The van der Waals surface area contributed by atoms with Crippen molar-refractivity contribution in [3.8, 4) is 0 Å². The average molecular weight is 238 g/mol. The van der Waals surface area contributed by atoms with Crippen molar-refractivity contribution in [2.75, 3.05) is 0 Å². The molecule has 0 bridgehead atoms. The lowest BCUT2D eigenvalue weighted by Gasteiger charge is -2.42. The summed E-state index contributed by atoms with van der Waals surface area (Å²) in [6, 6.07) is 0. The largest absolute Gasteiger partial charge is 0.481 e. The zero-order chi connectivity index (χ0) is 12.0. The maximum Gasteiger partial charge on any atom is 0.309 e. The second kappa shape index (κ2) is 3.98. The monoisotopic (exact) mass is 238 g/mol. The molecule has 96 valence electrons. The Hall–Kier alpha value is -0.570. The zero-order valence-electron chi connectivity index (χ0n) is 10.5. The number of hydrogen-bond acceptors (Lipinski definition) is 2. The Morgan fingerprint density at radius 3 is 2.59 bits per heavy atom. The predicted octanol–water partition coefficient (Wildman–Crippen LogP) is 2.84. The van der Waals surface area contributed by atoms with Gasteiger partial charge >= 0.3 is 5.97 Å². The molecule has 1 N–H and O–H groups in total. The van der Waals surface area contributed by atoms with Crippen LogP contribution < -0.4 is 0 Å². The third-order valence-corrected chi connectivity index (χ3v) is 5.31. The summed E-state index contributed by atoms with van der Waals surface area (Å²) in [5.74, 6) is 0.237. The second-order valence-corrected chi connectivity index (χ2v) is 6.32. The van der Waals surface area contributed by atoms with Crippen LogP contribution in [0.1, 0.15) is 51.9 Å². The van der Waals surface area contributed by atoms with E-state index in [1.54, 1.807) is 0 Å². The van der Waals surface area contributed by atoms with Gasteiger partial charge in [0.2, 0.25) is 0 Å². The Bertz CT molecular complexity index is 321. The molecule has 1 saturated heterocycles. The lowest BCUT2D eigenvalue weighted by Crippen LogP contribution is -2.46. The number of fused-ring (bicyclic) bond motifs is 1. The van der Waals surface area contributed by atoms with Gasteiger partial charge in [-0.05, 0) is 25.7 Å². The average Bonchev–Trinajstić information content (AvgIpc) is 3.08. The summed E-state index contributed by atoms with van der Waals surface area (Å²) < 4.78 is 5.73. The minimum absolute atomic E-state index is 0.257. The summed E-state index contributed by atoms with van der Waals surface area (Å²) in [5.41, 5.74) is -0.542. The fourth-order valence-corrected chi connectivity index (χ4v) is 4.21. The van der Waals surface area contributed by atoms with E-state index >= 15 is 0 Å². The number of carboxylic acids is 1. The molecule has 2 saturated carbocycles. The van der Waals surface area contributed by atoms with Gasteiger partial charge in [-0.15, -0.1) is 0 Å². The lowest BCUT2D eigenvalue weighted by atomic mass is 9.60. The standard InChI is InChI=1S/C14H22O3/c1-14(13(15)16)8-7-10-12(17-10)11(14)9-5-3-2-4-6-9/h9-12H,2-8H2,1H3,(H,15,16). The highest BCUT2D eigenvalue weighted by atomic mass is 16.6. The van der Waals surface area contributed by atoms with Crippen molar-refractivity contribution >= 4 is 5.97 Å². The molecule has 3 fully saturated rings. The van der Waals surface area contributed by atoms with E-state index in [9.17, 15) is 9.90 Å². The maximum atomic E-state index is 11.6. The normalized spacial score (nSPS) is 46.3. The summed E-state index contributed by atoms with van der Waals surface area (Å²) in [5, 5.41) is 9.58. The quantitative estimate of drug-likeness (QED) is 0.752. The van der Waals surface area contributed by atoms with Crippen LogP contribution in [0.5, 0.6) is 0 Å². The van der Waals surface area contributed by atoms with Crippen LogP contribution in [0.2, 0.25) is 0 Å². The third-order valence-electron chi connectivity index (χ3n) is 5.31. The van der Waals surface area contributed by atoms with Crippen molar-refractivity contribution in [3.63, 3.8) is 0 Å². The van der Waals surface area contributed by atoms with Gasteiger partial charge in [0.05, 0.1) is 17.6 Å². The van der Waals surface area contributed by atoms with E-state index < -0.39 is 11.4 Å². The molecule has 1 aliphatic heterocycles. The Morgan fingerprint density at radius 2 is 1.94 bits per heavy atom. The lowest BCUT2D eigenvalue weighted by molar-refractivity contribution is -0.155. The molecule has 3 rings (SSSR count). The van der Waals surface area contributed by atoms with E-state index in [0.29, 0.717) is 12.0 Å². The molecule has 1 heterocycles. The van der Waals surface area contributed by atoms with Gasteiger partial charge in [-0.2, -0.15) is 0 Å². The van der Waals surface area contributed by atoms with Gasteiger partial charge in [0, 0.05) is 5.92 Å². The first-order valence-electron chi connectivity index (χ1n) is 7.02. The first kappa shape index (κ1) is 11.5. The van der Waals surface area contributed by atoms with Crippen molar-refractivity contribution in [2.24, 2.45) is 17.3 Å². The van der Waals surface area contributed by atoms with E-state index in [0.717, 1.165) is 12.8 Å². The van der Waals surface area contributed by atoms with E-state index in [2.05, 4.69) is 0 Å². The minimum atomic E-state index is -0.609. The van der Waals surface area contributed by atoms with Gasteiger partial charge in [0.25, 0.3) is 0 Å². The van der Waals surface area contributed by atoms with Gasteiger partial charge in [-0.1, -0.05) is 32.1 Å². The highest BCUT2D eigenvalue weighted by Gasteiger charge is 2.61. The molecule has 4 atom stereocenters. The number of carboxylic acid groups (broad SMARTS) is 1. The number of aliphatic carboxylic acids is 1. The van der Waals surface area contributed by atoms with Crippen molar-refractivity contribution in [3.05, 3.63) is 0 Å². The third kappa shape index (κ3) is 1.79. The molecule has 3 nitrogen and oxygen atoms in total. The van der Waals surface area contributed by atoms with Crippen LogP contribution in [0.3, 0.4) is 0 Å². The number of epoxide rings is 1. The van der Waals surface area contributed by atoms with E-state index in [1.165, 1.54) is 32.1 Å². The highest BCUT2D eigenvalue weighted by Crippen LogP contribution is 2.55. The number of carbonyl (C=O) groups is 1. The molecular formula is C14H22O3. The molecule has 0 radical (unpaired) electrons. The topological polar surface area (TPSA) is 49.8 Å². The predicted molar refractivity (Wildman–Crippen MR) is 63.7 cm³/mol. The fraction of sp³-hybridized carbons (Fsp3) is 0.929. The highest BCUT2D eigenvalue weighted by molar-refractivity contribution is 5.75. The molecule has 0 spiro atoms. The molecule has 0 aromatic carbocycles. The molecule has 0 aromatic rings. The first-order valence-corrected chi connectivity index (χ1v) is 7.02. The second-order valence-electron chi connectivity index (χ2n) is 6.32.